The van der Waals surface area contributed by atoms with E-state index in [1.165, 1.54) is 23.1 Å². The van der Waals surface area contributed by atoms with E-state index in [0.717, 1.165) is 0 Å². The molecule has 1 aromatic rings. The molecule has 17 heavy (non-hydrogen) atoms. The quantitative estimate of drug-likeness (QED) is 0.738. The summed E-state index contributed by atoms with van der Waals surface area (Å²) in [5.41, 5.74) is -0.0406. The molecule has 0 saturated heterocycles. The molecule has 0 fully saturated rings. The highest BCUT2D eigenvalue weighted by molar-refractivity contribution is 6.31. The lowest BCUT2D eigenvalue weighted by Gasteiger charge is -2.19. The number of hydrogen-bond donors (Lipinski definition) is 0. The molecule has 0 radical (unpaired) electrons. The van der Waals surface area contributed by atoms with E-state index in [1.807, 2.05) is 0 Å². The topological polar surface area (TPSA) is 20.3 Å². The molecular formula is C13H13ClFNO. The van der Waals surface area contributed by atoms with Crippen LogP contribution in [0.15, 0.2) is 43.5 Å². The van der Waals surface area contributed by atoms with Crippen molar-refractivity contribution in [3.8, 4) is 0 Å². The van der Waals surface area contributed by atoms with Gasteiger partial charge in [-0.15, -0.1) is 13.2 Å². The van der Waals surface area contributed by atoms with E-state index in [2.05, 4.69) is 13.2 Å². The fourth-order valence-corrected chi connectivity index (χ4v) is 1.56. The van der Waals surface area contributed by atoms with Gasteiger partial charge in [0.15, 0.2) is 0 Å². The molecule has 0 aromatic heterocycles. The van der Waals surface area contributed by atoms with E-state index in [-0.39, 0.29) is 5.56 Å². The Bertz CT molecular complexity index is 435. The second-order valence-corrected chi connectivity index (χ2v) is 3.85. The third-order valence-corrected chi connectivity index (χ3v) is 2.38. The van der Waals surface area contributed by atoms with Gasteiger partial charge in [0.05, 0.1) is 5.56 Å². The van der Waals surface area contributed by atoms with Gasteiger partial charge in [-0.3, -0.25) is 4.79 Å². The zero-order valence-corrected chi connectivity index (χ0v) is 10.1. The van der Waals surface area contributed by atoms with Crippen LogP contribution in [0.3, 0.4) is 0 Å². The van der Waals surface area contributed by atoms with E-state index >= 15 is 0 Å². The van der Waals surface area contributed by atoms with E-state index < -0.39 is 11.7 Å². The highest BCUT2D eigenvalue weighted by atomic mass is 35.5. The molecule has 1 rings (SSSR count). The van der Waals surface area contributed by atoms with Crippen LogP contribution in [0.5, 0.6) is 0 Å². The molecule has 0 saturated carbocycles. The van der Waals surface area contributed by atoms with Crippen LogP contribution < -0.4 is 0 Å². The fourth-order valence-electron chi connectivity index (χ4n) is 1.38. The van der Waals surface area contributed by atoms with Crippen molar-refractivity contribution in [3.05, 3.63) is 59.9 Å². The largest absolute Gasteiger partial charge is 0.331 e. The lowest BCUT2D eigenvalue weighted by Crippen LogP contribution is -2.31. The molecule has 1 aromatic carbocycles. The summed E-state index contributed by atoms with van der Waals surface area (Å²) in [7, 11) is 0. The Hall–Kier alpha value is -1.61. The van der Waals surface area contributed by atoms with Gasteiger partial charge in [0.25, 0.3) is 5.91 Å². The van der Waals surface area contributed by atoms with E-state index in [0.29, 0.717) is 18.1 Å². The second-order valence-electron chi connectivity index (χ2n) is 3.41. The van der Waals surface area contributed by atoms with Gasteiger partial charge < -0.3 is 4.90 Å². The van der Waals surface area contributed by atoms with Crippen molar-refractivity contribution < 1.29 is 9.18 Å². The summed E-state index contributed by atoms with van der Waals surface area (Å²) in [6, 6.07) is 3.90. The van der Waals surface area contributed by atoms with Crippen molar-refractivity contribution >= 4 is 17.5 Å². The minimum Gasteiger partial charge on any atom is -0.331 e. The van der Waals surface area contributed by atoms with Crippen molar-refractivity contribution in [2.75, 3.05) is 13.1 Å². The van der Waals surface area contributed by atoms with Crippen LogP contribution in [0.25, 0.3) is 0 Å². The fraction of sp³-hybridized carbons (Fsp3) is 0.154. The van der Waals surface area contributed by atoms with Crippen molar-refractivity contribution in [1.29, 1.82) is 0 Å². The molecule has 0 aliphatic carbocycles. The SMILES string of the molecule is C=CCN(CC=C)C(=O)c1cc(Cl)ccc1F. The predicted octanol–water partition coefficient (Wildman–Crippen LogP) is 3.29. The van der Waals surface area contributed by atoms with E-state index in [4.69, 9.17) is 11.6 Å². The van der Waals surface area contributed by atoms with Crippen molar-refractivity contribution in [1.82, 2.24) is 4.90 Å². The van der Waals surface area contributed by atoms with Gasteiger partial charge in [-0.05, 0) is 18.2 Å². The van der Waals surface area contributed by atoms with Gasteiger partial charge in [0, 0.05) is 18.1 Å². The van der Waals surface area contributed by atoms with Gasteiger partial charge in [-0.1, -0.05) is 23.8 Å². The zero-order valence-electron chi connectivity index (χ0n) is 9.33. The first kappa shape index (κ1) is 13.5. The van der Waals surface area contributed by atoms with Crippen molar-refractivity contribution in [2.45, 2.75) is 0 Å². The number of carbonyl (C=O) groups excluding carboxylic acids is 1. The lowest BCUT2D eigenvalue weighted by molar-refractivity contribution is 0.0786. The highest BCUT2D eigenvalue weighted by Gasteiger charge is 2.17. The molecule has 0 heterocycles. The van der Waals surface area contributed by atoms with Crippen LogP contribution >= 0.6 is 11.6 Å². The van der Waals surface area contributed by atoms with Gasteiger partial charge in [0.1, 0.15) is 5.82 Å². The third kappa shape index (κ3) is 3.43. The maximum atomic E-state index is 13.5. The smallest absolute Gasteiger partial charge is 0.257 e. The Kier molecular flexibility index (Phi) is 4.91. The summed E-state index contributed by atoms with van der Waals surface area (Å²) < 4.78 is 13.5. The van der Waals surface area contributed by atoms with E-state index in [1.54, 1.807) is 12.2 Å². The number of carbonyl (C=O) groups is 1. The molecule has 1 amide bonds. The molecule has 4 heteroatoms. The number of amides is 1. The Morgan fingerprint density at radius 3 is 2.47 bits per heavy atom. The van der Waals surface area contributed by atoms with Crippen LogP contribution in [0, 0.1) is 5.82 Å². The van der Waals surface area contributed by atoms with Crippen molar-refractivity contribution in [3.63, 3.8) is 0 Å². The normalized spacial score (nSPS) is 9.76. The Morgan fingerprint density at radius 2 is 1.94 bits per heavy atom. The number of nitrogens with zero attached hydrogens (tertiary/aromatic N) is 1. The Morgan fingerprint density at radius 1 is 1.35 bits per heavy atom. The average molecular weight is 254 g/mol. The minimum atomic E-state index is -0.586. The van der Waals surface area contributed by atoms with Crippen LogP contribution in [-0.4, -0.2) is 23.9 Å². The predicted molar refractivity (Wildman–Crippen MR) is 67.7 cm³/mol. The van der Waals surface area contributed by atoms with Crippen LogP contribution in [0.2, 0.25) is 5.02 Å². The van der Waals surface area contributed by atoms with Crippen molar-refractivity contribution in [2.24, 2.45) is 0 Å². The molecule has 0 aliphatic rings. The lowest BCUT2D eigenvalue weighted by atomic mass is 10.2. The first-order valence-electron chi connectivity index (χ1n) is 5.06. The first-order chi connectivity index (χ1) is 8.10. The number of rotatable bonds is 5. The maximum absolute atomic E-state index is 13.5. The van der Waals surface area contributed by atoms with Gasteiger partial charge >= 0.3 is 0 Å². The molecular weight excluding hydrogens is 241 g/mol. The van der Waals surface area contributed by atoms with Gasteiger partial charge in [-0.2, -0.15) is 0 Å². The van der Waals surface area contributed by atoms with Gasteiger partial charge in [0.2, 0.25) is 0 Å². The summed E-state index contributed by atoms with van der Waals surface area (Å²) >= 11 is 5.74. The summed E-state index contributed by atoms with van der Waals surface area (Å²) in [6.45, 7) is 7.76. The molecule has 0 atom stereocenters. The van der Waals surface area contributed by atoms with E-state index in [9.17, 15) is 9.18 Å². The maximum Gasteiger partial charge on any atom is 0.257 e. The molecule has 0 bridgehead atoms. The number of halogens is 2. The third-order valence-electron chi connectivity index (χ3n) is 2.15. The minimum absolute atomic E-state index is 0.0406. The van der Waals surface area contributed by atoms with Crippen LogP contribution in [0.4, 0.5) is 4.39 Å². The Labute approximate surface area is 105 Å². The summed E-state index contributed by atoms with van der Waals surface area (Å²) in [5, 5.41) is 0.326. The molecule has 0 unspecified atom stereocenters. The van der Waals surface area contributed by atoms with Crippen LogP contribution in [0.1, 0.15) is 10.4 Å². The molecule has 2 nitrogen and oxygen atoms in total. The monoisotopic (exact) mass is 253 g/mol. The first-order valence-corrected chi connectivity index (χ1v) is 5.44. The molecule has 90 valence electrons. The number of benzene rings is 1. The average Bonchev–Trinajstić information content (AvgIpc) is 2.31. The summed E-state index contributed by atoms with van der Waals surface area (Å²) in [4.78, 5) is 13.5. The number of hydrogen-bond acceptors (Lipinski definition) is 1. The molecule has 0 aliphatic heterocycles. The highest BCUT2D eigenvalue weighted by Crippen LogP contribution is 2.16. The summed E-state index contributed by atoms with van der Waals surface area (Å²) in [6.07, 6.45) is 3.15. The summed E-state index contributed by atoms with van der Waals surface area (Å²) in [5.74, 6) is -1.01. The zero-order chi connectivity index (χ0) is 12.8. The molecule has 0 spiro atoms. The second kappa shape index (κ2) is 6.21. The van der Waals surface area contributed by atoms with Gasteiger partial charge in [-0.25, -0.2) is 4.39 Å². The standard InChI is InChI=1S/C13H13ClFNO/c1-3-7-16(8-4-2)13(17)11-9-10(14)5-6-12(11)15/h3-6,9H,1-2,7-8H2. The molecule has 0 N–H and O–H groups in total. The Balaban J connectivity index is 3.03. The van der Waals surface area contributed by atoms with Crippen LogP contribution in [-0.2, 0) is 0 Å².